The van der Waals surface area contributed by atoms with Gasteiger partial charge in [0.2, 0.25) is 0 Å². The zero-order valence-electron chi connectivity index (χ0n) is 9.24. The summed E-state index contributed by atoms with van der Waals surface area (Å²) in [4.78, 5) is 10.9. The average Bonchev–Trinajstić information content (AvgIpc) is 2.85. The first kappa shape index (κ1) is 11.3. The monoisotopic (exact) mass is 236 g/mol. The molecule has 0 unspecified atom stereocenters. The Morgan fingerprint density at radius 2 is 2.35 bits per heavy atom. The molecule has 0 spiro atoms. The lowest BCUT2D eigenvalue weighted by atomic mass is 10.3. The number of aryl methyl sites for hydroxylation is 1. The summed E-state index contributed by atoms with van der Waals surface area (Å²) in [6.07, 6.45) is 1.80. The number of aromatic carboxylic acids is 1. The van der Waals surface area contributed by atoms with Gasteiger partial charge in [0, 0.05) is 19.8 Å². The second kappa shape index (κ2) is 4.34. The molecule has 0 aliphatic heterocycles. The molecule has 0 amide bonds. The Hall–Kier alpha value is -2.22. The van der Waals surface area contributed by atoms with Gasteiger partial charge in [-0.25, -0.2) is 9.48 Å². The number of hydrogen-bond acceptors (Lipinski definition) is 5. The second-order valence-electron chi connectivity index (χ2n) is 3.53. The molecule has 2 aromatic heterocycles. The maximum atomic E-state index is 10.9. The summed E-state index contributed by atoms with van der Waals surface area (Å²) in [5, 5.41) is 20.4. The van der Waals surface area contributed by atoms with E-state index in [1.165, 1.54) is 4.68 Å². The molecule has 8 heteroatoms. The Bertz CT molecular complexity index is 543. The van der Waals surface area contributed by atoms with Gasteiger partial charge in [-0.15, -0.1) is 5.10 Å². The van der Waals surface area contributed by atoms with Gasteiger partial charge < -0.3 is 10.8 Å². The summed E-state index contributed by atoms with van der Waals surface area (Å²) in [5.74, 6) is -1.13. The van der Waals surface area contributed by atoms with Crippen LogP contribution < -0.4 is 5.73 Å². The van der Waals surface area contributed by atoms with Crippen LogP contribution in [0.2, 0.25) is 0 Å². The molecule has 90 valence electrons. The van der Waals surface area contributed by atoms with E-state index in [-0.39, 0.29) is 12.2 Å². The summed E-state index contributed by atoms with van der Waals surface area (Å²) in [6, 6.07) is 1.82. The van der Waals surface area contributed by atoms with Crippen LogP contribution in [-0.4, -0.2) is 35.9 Å². The van der Waals surface area contributed by atoms with Gasteiger partial charge in [-0.2, -0.15) is 5.10 Å². The van der Waals surface area contributed by atoms with Crippen molar-refractivity contribution in [2.75, 3.05) is 0 Å². The van der Waals surface area contributed by atoms with Crippen molar-refractivity contribution in [3.8, 4) is 0 Å². The smallest absolute Gasteiger partial charge is 0.358 e. The third kappa shape index (κ3) is 2.16. The molecule has 3 N–H and O–H groups in total. The highest BCUT2D eigenvalue weighted by molar-refractivity contribution is 5.86. The van der Waals surface area contributed by atoms with Crippen LogP contribution in [0.25, 0.3) is 0 Å². The SMILES string of the molecule is Cn1ccc(Cn2nnc(C(=O)O)c2CN)n1. The fourth-order valence-corrected chi connectivity index (χ4v) is 1.53. The third-order valence-corrected chi connectivity index (χ3v) is 2.31. The van der Waals surface area contributed by atoms with E-state index in [4.69, 9.17) is 10.8 Å². The average molecular weight is 236 g/mol. The predicted molar refractivity (Wildman–Crippen MR) is 57.2 cm³/mol. The van der Waals surface area contributed by atoms with Gasteiger partial charge >= 0.3 is 5.97 Å². The van der Waals surface area contributed by atoms with Gasteiger partial charge in [0.1, 0.15) is 0 Å². The fourth-order valence-electron chi connectivity index (χ4n) is 1.53. The number of nitrogens with zero attached hydrogens (tertiary/aromatic N) is 5. The molecular weight excluding hydrogens is 224 g/mol. The number of carbonyl (C=O) groups is 1. The van der Waals surface area contributed by atoms with E-state index in [0.29, 0.717) is 12.2 Å². The van der Waals surface area contributed by atoms with E-state index in [1.54, 1.807) is 17.9 Å². The normalized spacial score (nSPS) is 10.7. The minimum atomic E-state index is -1.13. The maximum Gasteiger partial charge on any atom is 0.358 e. The van der Waals surface area contributed by atoms with Crippen molar-refractivity contribution in [1.82, 2.24) is 24.8 Å². The molecule has 8 nitrogen and oxygen atoms in total. The van der Waals surface area contributed by atoms with Gasteiger partial charge in [0.25, 0.3) is 0 Å². The largest absolute Gasteiger partial charge is 0.476 e. The van der Waals surface area contributed by atoms with E-state index in [9.17, 15) is 4.79 Å². The number of carboxylic acids is 1. The molecule has 0 atom stereocenters. The molecule has 0 radical (unpaired) electrons. The molecule has 0 saturated carbocycles. The van der Waals surface area contributed by atoms with E-state index in [1.807, 2.05) is 6.07 Å². The van der Waals surface area contributed by atoms with E-state index in [2.05, 4.69) is 15.4 Å². The van der Waals surface area contributed by atoms with E-state index < -0.39 is 5.97 Å². The maximum absolute atomic E-state index is 10.9. The zero-order valence-corrected chi connectivity index (χ0v) is 9.24. The molecular formula is C9H12N6O2. The van der Waals surface area contributed by atoms with Crippen LogP contribution in [0.15, 0.2) is 12.3 Å². The molecule has 2 heterocycles. The highest BCUT2D eigenvalue weighted by atomic mass is 16.4. The van der Waals surface area contributed by atoms with Crippen LogP contribution >= 0.6 is 0 Å². The highest BCUT2D eigenvalue weighted by Gasteiger charge is 2.17. The second-order valence-corrected chi connectivity index (χ2v) is 3.53. The molecule has 0 aliphatic rings. The van der Waals surface area contributed by atoms with Crippen molar-refractivity contribution < 1.29 is 9.90 Å². The van der Waals surface area contributed by atoms with Crippen molar-refractivity contribution in [3.05, 3.63) is 29.3 Å². The molecule has 0 aliphatic carbocycles. The van der Waals surface area contributed by atoms with Gasteiger partial charge in [-0.3, -0.25) is 4.68 Å². The van der Waals surface area contributed by atoms with Crippen LogP contribution in [0.5, 0.6) is 0 Å². The minimum Gasteiger partial charge on any atom is -0.476 e. The number of hydrogen-bond donors (Lipinski definition) is 2. The van der Waals surface area contributed by atoms with Crippen molar-refractivity contribution in [3.63, 3.8) is 0 Å². The lowest BCUT2D eigenvalue weighted by molar-refractivity contribution is 0.0689. The number of nitrogens with two attached hydrogens (primary N) is 1. The Morgan fingerprint density at radius 1 is 1.59 bits per heavy atom. The Balaban J connectivity index is 2.30. The molecule has 0 bridgehead atoms. The first-order valence-electron chi connectivity index (χ1n) is 4.96. The van der Waals surface area contributed by atoms with Crippen LogP contribution in [0, 0.1) is 0 Å². The number of rotatable bonds is 4. The van der Waals surface area contributed by atoms with Gasteiger partial charge in [-0.1, -0.05) is 5.21 Å². The lowest BCUT2D eigenvalue weighted by Gasteiger charge is -2.02. The van der Waals surface area contributed by atoms with E-state index >= 15 is 0 Å². The van der Waals surface area contributed by atoms with Crippen LogP contribution in [0.1, 0.15) is 21.9 Å². The molecule has 0 saturated heterocycles. The molecule has 2 aromatic rings. The molecule has 0 aromatic carbocycles. The van der Waals surface area contributed by atoms with E-state index in [0.717, 1.165) is 5.69 Å². The Morgan fingerprint density at radius 3 is 2.88 bits per heavy atom. The zero-order chi connectivity index (χ0) is 12.4. The summed E-state index contributed by atoms with van der Waals surface area (Å²) in [7, 11) is 1.80. The summed E-state index contributed by atoms with van der Waals surface area (Å²) >= 11 is 0. The first-order valence-corrected chi connectivity index (χ1v) is 4.96. The quantitative estimate of drug-likeness (QED) is 0.720. The minimum absolute atomic E-state index is 0.0709. The van der Waals surface area contributed by atoms with Crippen molar-refractivity contribution in [1.29, 1.82) is 0 Å². The first-order chi connectivity index (χ1) is 8.11. The molecule has 2 rings (SSSR count). The predicted octanol–water partition coefficient (Wildman–Crippen LogP) is -0.783. The summed E-state index contributed by atoms with van der Waals surface area (Å²) < 4.78 is 3.11. The van der Waals surface area contributed by atoms with Crippen molar-refractivity contribution >= 4 is 5.97 Å². The molecule has 0 fully saturated rings. The lowest BCUT2D eigenvalue weighted by Crippen LogP contribution is -2.13. The number of aromatic nitrogens is 5. The fraction of sp³-hybridized carbons (Fsp3) is 0.333. The number of carboxylic acid groups (broad SMARTS) is 1. The molecule has 17 heavy (non-hydrogen) atoms. The van der Waals surface area contributed by atoms with Crippen LogP contribution in [-0.2, 0) is 20.1 Å². The van der Waals surface area contributed by atoms with Gasteiger partial charge in [0.15, 0.2) is 5.69 Å². The summed E-state index contributed by atoms with van der Waals surface area (Å²) in [6.45, 7) is 0.426. The van der Waals surface area contributed by atoms with Gasteiger partial charge in [-0.05, 0) is 6.07 Å². The van der Waals surface area contributed by atoms with Crippen LogP contribution in [0.4, 0.5) is 0 Å². The standard InChI is InChI=1S/C9H12N6O2/c1-14-3-2-6(12-14)5-15-7(4-10)8(9(16)17)11-13-15/h2-3H,4-5,10H2,1H3,(H,16,17). The van der Waals surface area contributed by atoms with Crippen molar-refractivity contribution in [2.24, 2.45) is 12.8 Å². The van der Waals surface area contributed by atoms with Crippen molar-refractivity contribution in [2.45, 2.75) is 13.1 Å². The van der Waals surface area contributed by atoms with Gasteiger partial charge in [0.05, 0.1) is 17.9 Å². The highest BCUT2D eigenvalue weighted by Crippen LogP contribution is 2.07. The third-order valence-electron chi connectivity index (χ3n) is 2.31. The summed E-state index contributed by atoms with van der Waals surface area (Å²) in [5.41, 5.74) is 6.55. The Kier molecular flexibility index (Phi) is 2.88. The topological polar surface area (TPSA) is 112 Å². The van der Waals surface area contributed by atoms with Crippen LogP contribution in [0.3, 0.4) is 0 Å². The Labute approximate surface area is 96.6 Å².